The van der Waals surface area contributed by atoms with Crippen molar-refractivity contribution in [3.63, 3.8) is 0 Å². The highest BCUT2D eigenvalue weighted by Gasteiger charge is 2.28. The van der Waals surface area contributed by atoms with Gasteiger partial charge in [-0.25, -0.2) is 4.79 Å². The van der Waals surface area contributed by atoms with Gasteiger partial charge in [0.15, 0.2) is 0 Å². The number of aromatic nitrogens is 2. The van der Waals surface area contributed by atoms with E-state index >= 15 is 0 Å². The summed E-state index contributed by atoms with van der Waals surface area (Å²) in [7, 11) is 5.34. The lowest BCUT2D eigenvalue weighted by Gasteiger charge is -2.24. The second-order valence-electron chi connectivity index (χ2n) is 5.75. The Morgan fingerprint density at radius 3 is 2.60 bits per heavy atom. The number of hydrogen-bond acceptors (Lipinski definition) is 4. The molecule has 6 heteroatoms. The van der Waals surface area contributed by atoms with Crippen molar-refractivity contribution < 1.29 is 0 Å². The van der Waals surface area contributed by atoms with E-state index in [4.69, 9.17) is 0 Å². The minimum absolute atomic E-state index is 0.256. The Hall–Kier alpha value is -1.40. The third kappa shape index (κ3) is 3.19. The standard InChI is InChI=1S/C14H24N4O2/c1-10(16(2)11-5-6-11)8-15-9-12-7-13(19)18(4)14(20)17(12)3/h7,10-11,15H,5-6,8-9H2,1-4H3. The van der Waals surface area contributed by atoms with Crippen LogP contribution in [0.4, 0.5) is 0 Å². The maximum atomic E-state index is 11.8. The SMILES string of the molecule is CC(CNCc1cc(=O)n(C)c(=O)n1C)N(C)C1CC1. The molecule has 1 aliphatic rings. The van der Waals surface area contributed by atoms with Crippen LogP contribution < -0.4 is 16.6 Å². The van der Waals surface area contributed by atoms with Crippen molar-refractivity contribution in [1.82, 2.24) is 19.4 Å². The van der Waals surface area contributed by atoms with Gasteiger partial charge in [0, 0.05) is 51.0 Å². The zero-order chi connectivity index (χ0) is 14.9. The number of nitrogens with zero attached hydrogens (tertiary/aromatic N) is 3. The summed E-state index contributed by atoms with van der Waals surface area (Å²) in [6.45, 7) is 3.56. The molecule has 112 valence electrons. The highest BCUT2D eigenvalue weighted by Crippen LogP contribution is 2.26. The molecule has 1 saturated carbocycles. The Bertz CT molecular complexity index is 586. The molecular weight excluding hydrogens is 256 g/mol. The van der Waals surface area contributed by atoms with Crippen molar-refractivity contribution in [1.29, 1.82) is 0 Å². The molecule has 1 heterocycles. The molecule has 0 radical (unpaired) electrons. The fraction of sp³-hybridized carbons (Fsp3) is 0.714. The average Bonchev–Trinajstić information content (AvgIpc) is 3.25. The van der Waals surface area contributed by atoms with Crippen LogP contribution in [0.2, 0.25) is 0 Å². The summed E-state index contributed by atoms with van der Waals surface area (Å²) in [6.07, 6.45) is 2.59. The lowest BCUT2D eigenvalue weighted by atomic mass is 10.3. The molecule has 0 aliphatic heterocycles. The van der Waals surface area contributed by atoms with Crippen LogP contribution in [0, 0.1) is 0 Å². The number of nitrogens with one attached hydrogen (secondary N) is 1. The van der Waals surface area contributed by atoms with Gasteiger partial charge >= 0.3 is 5.69 Å². The first-order chi connectivity index (χ1) is 9.41. The van der Waals surface area contributed by atoms with Gasteiger partial charge in [-0.05, 0) is 26.8 Å². The lowest BCUT2D eigenvalue weighted by Crippen LogP contribution is -2.41. The van der Waals surface area contributed by atoms with E-state index in [2.05, 4.69) is 24.2 Å². The number of hydrogen-bond donors (Lipinski definition) is 1. The zero-order valence-corrected chi connectivity index (χ0v) is 12.7. The molecule has 6 nitrogen and oxygen atoms in total. The van der Waals surface area contributed by atoms with Crippen LogP contribution in [0.1, 0.15) is 25.5 Å². The summed E-state index contributed by atoms with van der Waals surface area (Å²) in [6, 6.07) is 2.70. The Morgan fingerprint density at radius 2 is 2.00 bits per heavy atom. The van der Waals surface area contributed by atoms with Crippen LogP contribution in [0.5, 0.6) is 0 Å². The average molecular weight is 280 g/mol. The van der Waals surface area contributed by atoms with E-state index < -0.39 is 0 Å². The number of likely N-dealkylation sites (N-methyl/N-ethyl adjacent to an activating group) is 1. The smallest absolute Gasteiger partial charge is 0.310 e. The molecule has 1 aromatic rings. The molecule has 1 fully saturated rings. The van der Waals surface area contributed by atoms with E-state index in [0.29, 0.717) is 12.6 Å². The van der Waals surface area contributed by atoms with E-state index in [0.717, 1.165) is 22.8 Å². The summed E-state index contributed by atoms with van der Waals surface area (Å²) in [5.41, 5.74) is 0.185. The minimum Gasteiger partial charge on any atom is -0.310 e. The maximum Gasteiger partial charge on any atom is 0.330 e. The second kappa shape index (κ2) is 5.93. The van der Waals surface area contributed by atoms with Crippen molar-refractivity contribution >= 4 is 0 Å². The topological polar surface area (TPSA) is 59.3 Å². The van der Waals surface area contributed by atoms with Gasteiger partial charge in [-0.15, -0.1) is 0 Å². The van der Waals surface area contributed by atoms with Gasteiger partial charge in [-0.1, -0.05) is 0 Å². The molecule has 1 aromatic heterocycles. The molecule has 0 saturated heterocycles. The molecule has 0 amide bonds. The first-order valence-electron chi connectivity index (χ1n) is 7.10. The van der Waals surface area contributed by atoms with E-state index in [-0.39, 0.29) is 11.2 Å². The first-order valence-corrected chi connectivity index (χ1v) is 7.10. The quantitative estimate of drug-likeness (QED) is 0.774. The number of rotatable bonds is 6. The van der Waals surface area contributed by atoms with Crippen molar-refractivity contribution in [3.8, 4) is 0 Å². The lowest BCUT2D eigenvalue weighted by molar-refractivity contribution is 0.240. The first kappa shape index (κ1) is 15.0. The maximum absolute atomic E-state index is 11.8. The summed E-state index contributed by atoms with van der Waals surface area (Å²) < 4.78 is 2.64. The van der Waals surface area contributed by atoms with Crippen molar-refractivity contribution in [3.05, 3.63) is 32.6 Å². The molecule has 1 unspecified atom stereocenters. The van der Waals surface area contributed by atoms with E-state index in [9.17, 15) is 9.59 Å². The van der Waals surface area contributed by atoms with Crippen LogP contribution in [-0.4, -0.2) is 39.7 Å². The minimum atomic E-state index is -0.280. The molecule has 2 rings (SSSR count). The third-order valence-electron chi connectivity index (χ3n) is 4.19. The normalized spacial score (nSPS) is 16.6. The highest BCUT2D eigenvalue weighted by molar-refractivity contribution is 5.02. The van der Waals surface area contributed by atoms with E-state index in [1.807, 2.05) is 0 Å². The Kier molecular flexibility index (Phi) is 4.45. The monoisotopic (exact) mass is 280 g/mol. The van der Waals surface area contributed by atoms with Crippen molar-refractivity contribution in [2.24, 2.45) is 14.1 Å². The highest BCUT2D eigenvalue weighted by atomic mass is 16.2. The Morgan fingerprint density at radius 1 is 1.35 bits per heavy atom. The van der Waals surface area contributed by atoms with Crippen LogP contribution in [0.15, 0.2) is 15.7 Å². The van der Waals surface area contributed by atoms with Gasteiger partial charge in [0.05, 0.1) is 0 Å². The Labute approximate surface area is 119 Å². The van der Waals surface area contributed by atoms with Gasteiger partial charge in [0.25, 0.3) is 5.56 Å². The fourth-order valence-corrected chi connectivity index (χ4v) is 2.34. The Balaban J connectivity index is 1.94. The van der Waals surface area contributed by atoms with E-state index in [1.54, 1.807) is 7.05 Å². The van der Waals surface area contributed by atoms with Gasteiger partial charge in [0.2, 0.25) is 0 Å². The molecule has 0 spiro atoms. The van der Waals surface area contributed by atoms with Crippen molar-refractivity contribution in [2.45, 2.75) is 38.4 Å². The molecule has 1 aliphatic carbocycles. The summed E-state index contributed by atoms with van der Waals surface area (Å²) >= 11 is 0. The summed E-state index contributed by atoms with van der Waals surface area (Å²) in [4.78, 5) is 25.8. The van der Waals surface area contributed by atoms with Gasteiger partial charge in [0.1, 0.15) is 0 Å². The molecular formula is C14H24N4O2. The molecule has 0 aromatic carbocycles. The predicted octanol–water partition coefficient (Wildman–Crippen LogP) is -0.344. The predicted molar refractivity (Wildman–Crippen MR) is 78.9 cm³/mol. The van der Waals surface area contributed by atoms with Crippen LogP contribution in [-0.2, 0) is 20.6 Å². The molecule has 1 atom stereocenters. The van der Waals surface area contributed by atoms with E-state index in [1.165, 1.54) is 30.5 Å². The van der Waals surface area contributed by atoms with Gasteiger partial charge in [-0.2, -0.15) is 0 Å². The van der Waals surface area contributed by atoms with Gasteiger partial charge in [-0.3, -0.25) is 18.8 Å². The summed E-state index contributed by atoms with van der Waals surface area (Å²) in [5, 5.41) is 3.33. The van der Waals surface area contributed by atoms with Crippen LogP contribution >= 0.6 is 0 Å². The summed E-state index contributed by atoms with van der Waals surface area (Å²) in [5.74, 6) is 0. The largest absolute Gasteiger partial charge is 0.330 e. The third-order valence-corrected chi connectivity index (χ3v) is 4.19. The van der Waals surface area contributed by atoms with Crippen molar-refractivity contribution in [2.75, 3.05) is 13.6 Å². The molecule has 0 bridgehead atoms. The molecule has 1 N–H and O–H groups in total. The zero-order valence-electron chi connectivity index (χ0n) is 12.7. The fourth-order valence-electron chi connectivity index (χ4n) is 2.34. The van der Waals surface area contributed by atoms with Crippen LogP contribution in [0.3, 0.4) is 0 Å². The van der Waals surface area contributed by atoms with Gasteiger partial charge < -0.3 is 5.32 Å². The van der Waals surface area contributed by atoms with Crippen LogP contribution in [0.25, 0.3) is 0 Å². The molecule has 20 heavy (non-hydrogen) atoms. The second-order valence-corrected chi connectivity index (χ2v) is 5.75.